The lowest BCUT2D eigenvalue weighted by Gasteiger charge is -2.21. The molecule has 3 aromatic heterocycles. The fourth-order valence-electron chi connectivity index (χ4n) is 4.16. The molecule has 1 saturated heterocycles. The van der Waals surface area contributed by atoms with Crippen molar-refractivity contribution in [1.82, 2.24) is 29.7 Å². The van der Waals surface area contributed by atoms with E-state index in [-0.39, 0.29) is 28.0 Å². The average Bonchev–Trinajstić information content (AvgIpc) is 3.54. The molecule has 4 heterocycles. The number of hydrogen-bond acceptors (Lipinski definition) is 7. The summed E-state index contributed by atoms with van der Waals surface area (Å²) in [7, 11) is -3.01. The molecule has 4 aromatic rings. The van der Waals surface area contributed by atoms with Crippen LogP contribution in [-0.4, -0.2) is 49.6 Å². The first-order valence-corrected chi connectivity index (χ1v) is 14.1. The first kappa shape index (κ1) is 24.7. The lowest BCUT2D eigenvalue weighted by molar-refractivity contribution is 0.538. The van der Waals surface area contributed by atoms with E-state index in [9.17, 15) is 12.8 Å². The first-order chi connectivity index (χ1) is 17.2. The summed E-state index contributed by atoms with van der Waals surface area (Å²) in [4.78, 5) is 18.2. The largest absolute Gasteiger partial charge is 0.270 e. The van der Waals surface area contributed by atoms with Gasteiger partial charge in [0.2, 0.25) is 0 Å². The van der Waals surface area contributed by atoms with E-state index in [0.29, 0.717) is 41.2 Å². The molecule has 0 spiro atoms. The Morgan fingerprint density at radius 2 is 1.72 bits per heavy atom. The number of benzene rings is 1. The highest BCUT2D eigenvalue weighted by atomic mass is 35.5. The van der Waals surface area contributed by atoms with Gasteiger partial charge in [0.1, 0.15) is 32.7 Å². The normalized spacial score (nSPS) is 17.6. The van der Waals surface area contributed by atoms with Gasteiger partial charge in [-0.2, -0.15) is 5.10 Å². The minimum Gasteiger partial charge on any atom is -0.270 e. The quantitative estimate of drug-likeness (QED) is 0.368. The van der Waals surface area contributed by atoms with Crippen LogP contribution in [0, 0.1) is 19.7 Å². The number of aryl methyl sites for hydroxylation is 2. The number of hydrogen-bond donors (Lipinski definition) is 0. The van der Waals surface area contributed by atoms with Gasteiger partial charge in [-0.15, -0.1) is 0 Å². The number of nitrogens with zero attached hydrogens (tertiary/aromatic N) is 6. The maximum atomic E-state index is 14.6. The molecule has 36 heavy (non-hydrogen) atoms. The summed E-state index contributed by atoms with van der Waals surface area (Å²) < 4.78 is 40.2. The Morgan fingerprint density at radius 3 is 2.36 bits per heavy atom. The van der Waals surface area contributed by atoms with E-state index in [1.54, 1.807) is 12.1 Å². The van der Waals surface area contributed by atoms with Crippen LogP contribution < -0.4 is 0 Å². The number of halogens is 2. The molecule has 0 atom stereocenters. The van der Waals surface area contributed by atoms with Crippen LogP contribution in [-0.2, 0) is 9.84 Å². The molecule has 1 aliphatic carbocycles. The zero-order valence-corrected chi connectivity index (χ0v) is 21.6. The second kappa shape index (κ2) is 9.82. The number of fused-ring (bicyclic) bond motifs is 1. The number of aromatic nitrogens is 6. The predicted octanol–water partition coefficient (Wildman–Crippen LogP) is 5.01. The molecule has 0 radical (unpaired) electrons. The molecular weight excluding hydrogens is 503 g/mol. The van der Waals surface area contributed by atoms with Crippen LogP contribution in [0.3, 0.4) is 0 Å². The third-order valence-electron chi connectivity index (χ3n) is 6.51. The van der Waals surface area contributed by atoms with Gasteiger partial charge >= 0.3 is 0 Å². The summed E-state index contributed by atoms with van der Waals surface area (Å²) in [5.41, 5.74) is 2.84. The van der Waals surface area contributed by atoms with E-state index in [0.717, 1.165) is 11.7 Å². The third kappa shape index (κ3) is 5.39. The molecule has 0 unspecified atom stereocenters. The van der Waals surface area contributed by atoms with Crippen LogP contribution in [0.4, 0.5) is 4.39 Å². The lowest BCUT2D eigenvalue weighted by atomic mass is 10.0. The van der Waals surface area contributed by atoms with Gasteiger partial charge < -0.3 is 0 Å². The summed E-state index contributed by atoms with van der Waals surface area (Å²) >= 11 is 5.89. The fourth-order valence-corrected chi connectivity index (χ4v) is 5.82. The maximum Gasteiger partial charge on any atom is 0.182 e. The van der Waals surface area contributed by atoms with Gasteiger partial charge in [-0.25, -0.2) is 32.7 Å². The summed E-state index contributed by atoms with van der Waals surface area (Å²) in [5, 5.41) is 4.38. The predicted molar refractivity (Wildman–Crippen MR) is 136 cm³/mol. The van der Waals surface area contributed by atoms with E-state index >= 15 is 0 Å². The molecule has 0 amide bonds. The van der Waals surface area contributed by atoms with Gasteiger partial charge in [-0.1, -0.05) is 11.6 Å². The van der Waals surface area contributed by atoms with Gasteiger partial charge in [0, 0.05) is 28.9 Å². The van der Waals surface area contributed by atoms with Crippen molar-refractivity contribution < 1.29 is 12.8 Å². The van der Waals surface area contributed by atoms with Crippen molar-refractivity contribution in [2.45, 2.75) is 51.5 Å². The molecule has 8 nitrogen and oxygen atoms in total. The molecule has 2 fully saturated rings. The summed E-state index contributed by atoms with van der Waals surface area (Å²) in [6.45, 7) is 3.66. The SMILES string of the molecule is Cc1nc2nc(C3CCS(=O)(=O)CC3)nc(-c3ccc(Cl)cc3F)c2nc1C.c1cnn(C2CC2)c1. The number of rotatable bonds is 3. The Kier molecular flexibility index (Phi) is 6.74. The van der Waals surface area contributed by atoms with E-state index < -0.39 is 15.7 Å². The van der Waals surface area contributed by atoms with Crippen LogP contribution in [0.25, 0.3) is 22.4 Å². The van der Waals surface area contributed by atoms with Crippen molar-refractivity contribution in [1.29, 1.82) is 0 Å². The molecule has 1 saturated carbocycles. The van der Waals surface area contributed by atoms with E-state index in [4.69, 9.17) is 11.6 Å². The highest BCUT2D eigenvalue weighted by molar-refractivity contribution is 7.91. The Hall–Kier alpha value is -2.98. The average molecular weight is 529 g/mol. The van der Waals surface area contributed by atoms with Crippen molar-refractivity contribution in [2.24, 2.45) is 0 Å². The molecule has 0 N–H and O–H groups in total. The zero-order valence-electron chi connectivity index (χ0n) is 20.0. The second-order valence-corrected chi connectivity index (χ2v) is 12.0. The minimum atomic E-state index is -3.01. The van der Waals surface area contributed by atoms with Crippen LogP contribution in [0.2, 0.25) is 5.02 Å². The van der Waals surface area contributed by atoms with Crippen molar-refractivity contribution in [3.63, 3.8) is 0 Å². The molecule has 11 heteroatoms. The molecule has 6 rings (SSSR count). The molecule has 1 aliphatic heterocycles. The maximum absolute atomic E-state index is 14.6. The fraction of sp³-hybridized carbons (Fsp3) is 0.400. The van der Waals surface area contributed by atoms with Crippen molar-refractivity contribution >= 4 is 32.6 Å². The van der Waals surface area contributed by atoms with Crippen LogP contribution in [0.15, 0.2) is 36.7 Å². The van der Waals surface area contributed by atoms with Crippen LogP contribution >= 0.6 is 11.6 Å². The zero-order chi connectivity index (χ0) is 25.4. The Labute approximate surface area is 213 Å². The summed E-state index contributed by atoms with van der Waals surface area (Å²) in [6, 6.07) is 7.09. The second-order valence-electron chi connectivity index (χ2n) is 9.26. The lowest BCUT2D eigenvalue weighted by Crippen LogP contribution is -2.23. The summed E-state index contributed by atoms with van der Waals surface area (Å²) in [6.07, 6.45) is 7.38. The Bertz CT molecular complexity index is 1510. The molecule has 188 valence electrons. The van der Waals surface area contributed by atoms with Gasteiger partial charge in [-0.3, -0.25) is 4.68 Å². The van der Waals surface area contributed by atoms with Gasteiger partial charge in [0.15, 0.2) is 5.65 Å². The standard InChI is InChI=1S/C19H18ClFN4O2S.C6H8N2/c1-10-11(2)23-19-17(22-10)16(14-4-3-13(20)9-15(14)21)24-18(25-19)12-5-7-28(26,27)8-6-12;1-4-7-8(5-1)6-2-3-6/h3-4,9,12H,5-8H2,1-2H3;1,4-6H,2-3H2. The van der Waals surface area contributed by atoms with Crippen LogP contribution in [0.1, 0.15) is 54.9 Å². The van der Waals surface area contributed by atoms with Crippen molar-refractivity contribution in [3.8, 4) is 11.3 Å². The molecule has 2 aliphatic rings. The van der Waals surface area contributed by atoms with E-state index in [1.807, 2.05) is 37.0 Å². The Balaban J connectivity index is 0.000000280. The molecular formula is C25H26ClFN6O2S. The molecule has 0 bridgehead atoms. The monoisotopic (exact) mass is 528 g/mol. The van der Waals surface area contributed by atoms with E-state index in [2.05, 4.69) is 25.0 Å². The summed E-state index contributed by atoms with van der Waals surface area (Å²) in [5.74, 6) is 0.0457. The Morgan fingerprint density at radius 1 is 1.00 bits per heavy atom. The topological polar surface area (TPSA) is 104 Å². The van der Waals surface area contributed by atoms with Gasteiger partial charge in [-0.05, 0) is 63.8 Å². The first-order valence-electron chi connectivity index (χ1n) is 11.9. The van der Waals surface area contributed by atoms with Crippen LogP contribution in [0.5, 0.6) is 0 Å². The van der Waals surface area contributed by atoms with Crippen molar-refractivity contribution in [2.75, 3.05) is 11.5 Å². The van der Waals surface area contributed by atoms with E-state index in [1.165, 1.54) is 18.9 Å². The smallest absolute Gasteiger partial charge is 0.182 e. The van der Waals surface area contributed by atoms with Gasteiger partial charge in [0.25, 0.3) is 0 Å². The number of sulfone groups is 1. The third-order valence-corrected chi connectivity index (χ3v) is 8.46. The highest BCUT2D eigenvalue weighted by Crippen LogP contribution is 2.34. The van der Waals surface area contributed by atoms with Gasteiger partial charge in [0.05, 0.1) is 28.9 Å². The van der Waals surface area contributed by atoms with Crippen molar-refractivity contribution in [3.05, 3.63) is 64.7 Å². The highest BCUT2D eigenvalue weighted by Gasteiger charge is 2.28. The molecule has 1 aromatic carbocycles. The minimum absolute atomic E-state index is 0.0995.